The van der Waals surface area contributed by atoms with Gasteiger partial charge in [0, 0.05) is 6.42 Å². The highest BCUT2D eigenvalue weighted by atomic mass is 32.1. The molecule has 6 heteroatoms. The average molecular weight is 267 g/mol. The molecule has 0 unspecified atom stereocenters. The van der Waals surface area contributed by atoms with Crippen molar-refractivity contribution >= 4 is 23.1 Å². The van der Waals surface area contributed by atoms with Crippen molar-refractivity contribution in [1.82, 2.24) is 10.3 Å². The molecular weight excluding hydrogens is 250 g/mol. The molecule has 5 nitrogen and oxygen atoms in total. The van der Waals surface area contributed by atoms with Crippen molar-refractivity contribution in [2.45, 2.75) is 39.2 Å². The summed E-state index contributed by atoms with van der Waals surface area (Å²) in [5, 5.41) is 2.80. The van der Waals surface area contributed by atoms with Crippen LogP contribution in [-0.4, -0.2) is 15.9 Å². The SMILES string of the molecule is CCc1cnc(CNC(=O)C2(C(N)=S)CCC2)o1. The minimum Gasteiger partial charge on any atom is -0.444 e. The third kappa shape index (κ3) is 2.25. The van der Waals surface area contributed by atoms with E-state index < -0.39 is 5.41 Å². The van der Waals surface area contributed by atoms with E-state index in [0.717, 1.165) is 31.4 Å². The minimum atomic E-state index is -0.643. The Morgan fingerprint density at radius 1 is 1.67 bits per heavy atom. The van der Waals surface area contributed by atoms with Crippen LogP contribution in [0.15, 0.2) is 10.6 Å². The van der Waals surface area contributed by atoms with E-state index >= 15 is 0 Å². The zero-order chi connectivity index (χ0) is 13.2. The van der Waals surface area contributed by atoms with Gasteiger partial charge in [0.25, 0.3) is 0 Å². The molecular formula is C12H17N3O2S. The molecule has 0 atom stereocenters. The van der Waals surface area contributed by atoms with Crippen LogP contribution in [-0.2, 0) is 17.8 Å². The first kappa shape index (κ1) is 13.0. The molecule has 3 N–H and O–H groups in total. The summed E-state index contributed by atoms with van der Waals surface area (Å²) in [7, 11) is 0. The predicted octanol–water partition coefficient (Wildman–Crippen LogP) is 1.31. The standard InChI is InChI=1S/C12H17N3O2S/c1-2-8-6-14-9(17-8)7-15-11(16)12(10(13)18)4-3-5-12/h6H,2-5,7H2,1H3,(H2,13,18)(H,15,16). The molecule has 1 fully saturated rings. The van der Waals surface area contributed by atoms with Crippen molar-refractivity contribution in [3.8, 4) is 0 Å². The van der Waals surface area contributed by atoms with Crippen LogP contribution >= 0.6 is 12.2 Å². The fourth-order valence-corrected chi connectivity index (χ4v) is 2.33. The number of carbonyl (C=O) groups is 1. The van der Waals surface area contributed by atoms with Gasteiger partial charge in [-0.15, -0.1) is 0 Å². The smallest absolute Gasteiger partial charge is 0.233 e. The number of thiocarbonyl (C=S) groups is 1. The van der Waals surface area contributed by atoms with E-state index in [9.17, 15) is 4.79 Å². The third-order valence-corrected chi connectivity index (χ3v) is 3.85. The van der Waals surface area contributed by atoms with Gasteiger partial charge < -0.3 is 15.5 Å². The maximum atomic E-state index is 12.1. The lowest BCUT2D eigenvalue weighted by Crippen LogP contribution is -2.52. The van der Waals surface area contributed by atoms with E-state index in [4.69, 9.17) is 22.4 Å². The number of nitrogens with zero attached hydrogens (tertiary/aromatic N) is 1. The van der Waals surface area contributed by atoms with E-state index in [1.54, 1.807) is 6.20 Å². The molecule has 0 aromatic carbocycles. The Bertz CT molecular complexity index is 466. The molecule has 1 saturated carbocycles. The van der Waals surface area contributed by atoms with E-state index in [1.165, 1.54) is 0 Å². The molecule has 1 aromatic rings. The normalized spacial score (nSPS) is 16.9. The number of nitrogens with one attached hydrogen (secondary N) is 1. The van der Waals surface area contributed by atoms with Gasteiger partial charge in [0.1, 0.15) is 5.76 Å². The molecule has 1 aliphatic carbocycles. The van der Waals surface area contributed by atoms with E-state index in [1.807, 2.05) is 6.92 Å². The summed E-state index contributed by atoms with van der Waals surface area (Å²) in [6.45, 7) is 2.27. The zero-order valence-corrected chi connectivity index (χ0v) is 11.2. The minimum absolute atomic E-state index is 0.113. The first-order valence-electron chi connectivity index (χ1n) is 6.10. The van der Waals surface area contributed by atoms with Gasteiger partial charge in [0.2, 0.25) is 11.8 Å². The maximum Gasteiger partial charge on any atom is 0.233 e. The van der Waals surface area contributed by atoms with Gasteiger partial charge in [-0.05, 0) is 12.8 Å². The van der Waals surface area contributed by atoms with E-state index in [2.05, 4.69) is 10.3 Å². The molecule has 0 saturated heterocycles. The van der Waals surface area contributed by atoms with Gasteiger partial charge in [-0.1, -0.05) is 25.6 Å². The number of nitrogens with two attached hydrogens (primary N) is 1. The Kier molecular flexibility index (Phi) is 3.65. The monoisotopic (exact) mass is 267 g/mol. The summed E-state index contributed by atoms with van der Waals surface area (Å²) in [5.74, 6) is 1.21. The highest BCUT2D eigenvalue weighted by molar-refractivity contribution is 7.80. The van der Waals surface area contributed by atoms with Crippen molar-refractivity contribution in [2.75, 3.05) is 0 Å². The number of hydrogen-bond donors (Lipinski definition) is 2. The number of amides is 1. The number of aromatic nitrogens is 1. The second-order valence-electron chi connectivity index (χ2n) is 4.56. The summed E-state index contributed by atoms with van der Waals surface area (Å²) in [4.78, 5) is 16.5. The lowest BCUT2D eigenvalue weighted by Gasteiger charge is -2.38. The van der Waals surface area contributed by atoms with Crippen molar-refractivity contribution < 1.29 is 9.21 Å². The van der Waals surface area contributed by atoms with E-state index in [-0.39, 0.29) is 17.4 Å². The number of aryl methyl sites for hydroxylation is 1. The molecule has 0 spiro atoms. The molecule has 1 heterocycles. The van der Waals surface area contributed by atoms with Crippen molar-refractivity contribution in [3.63, 3.8) is 0 Å². The topological polar surface area (TPSA) is 81.2 Å². The zero-order valence-electron chi connectivity index (χ0n) is 10.4. The summed E-state index contributed by atoms with van der Waals surface area (Å²) < 4.78 is 5.42. The van der Waals surface area contributed by atoms with Crippen molar-refractivity contribution in [3.05, 3.63) is 17.8 Å². The summed E-state index contributed by atoms with van der Waals surface area (Å²) in [6.07, 6.45) is 4.93. The van der Waals surface area contributed by atoms with Crippen LogP contribution in [0.5, 0.6) is 0 Å². The predicted molar refractivity (Wildman–Crippen MR) is 70.8 cm³/mol. The largest absolute Gasteiger partial charge is 0.444 e. The second-order valence-corrected chi connectivity index (χ2v) is 5.00. The van der Waals surface area contributed by atoms with Crippen LogP contribution < -0.4 is 11.1 Å². The fraction of sp³-hybridized carbons (Fsp3) is 0.583. The van der Waals surface area contributed by atoms with Gasteiger partial charge in [-0.25, -0.2) is 4.98 Å². The van der Waals surface area contributed by atoms with E-state index in [0.29, 0.717) is 5.89 Å². The third-order valence-electron chi connectivity index (χ3n) is 3.46. The Labute approximate surface area is 111 Å². The maximum absolute atomic E-state index is 12.1. The van der Waals surface area contributed by atoms with Gasteiger partial charge in [0.15, 0.2) is 0 Å². The molecule has 2 rings (SSSR count). The number of oxazole rings is 1. The van der Waals surface area contributed by atoms with Crippen molar-refractivity contribution in [2.24, 2.45) is 11.1 Å². The van der Waals surface area contributed by atoms with Gasteiger partial charge in [0.05, 0.1) is 23.1 Å². The number of carbonyl (C=O) groups excluding carboxylic acids is 1. The first-order chi connectivity index (χ1) is 8.58. The molecule has 0 radical (unpaired) electrons. The van der Waals surface area contributed by atoms with Crippen LogP contribution in [0.3, 0.4) is 0 Å². The van der Waals surface area contributed by atoms with Gasteiger partial charge >= 0.3 is 0 Å². The second kappa shape index (κ2) is 5.06. The Balaban J connectivity index is 1.93. The van der Waals surface area contributed by atoms with Crippen LogP contribution in [0.4, 0.5) is 0 Å². The average Bonchev–Trinajstić information content (AvgIpc) is 2.72. The lowest BCUT2D eigenvalue weighted by atomic mass is 9.68. The summed E-state index contributed by atoms with van der Waals surface area (Å²) in [6, 6.07) is 0. The quantitative estimate of drug-likeness (QED) is 0.786. The Morgan fingerprint density at radius 3 is 2.83 bits per heavy atom. The molecule has 0 aliphatic heterocycles. The van der Waals surface area contributed by atoms with Crippen LogP contribution in [0.1, 0.15) is 37.8 Å². The van der Waals surface area contributed by atoms with Crippen LogP contribution in [0.2, 0.25) is 0 Å². The Hall–Kier alpha value is -1.43. The molecule has 1 amide bonds. The van der Waals surface area contributed by atoms with Crippen LogP contribution in [0.25, 0.3) is 0 Å². The van der Waals surface area contributed by atoms with Gasteiger partial charge in [-0.2, -0.15) is 0 Å². The van der Waals surface area contributed by atoms with Crippen LogP contribution in [0, 0.1) is 5.41 Å². The highest BCUT2D eigenvalue weighted by Crippen LogP contribution is 2.41. The molecule has 0 bridgehead atoms. The van der Waals surface area contributed by atoms with Gasteiger partial charge in [-0.3, -0.25) is 4.79 Å². The number of hydrogen-bond acceptors (Lipinski definition) is 4. The lowest BCUT2D eigenvalue weighted by molar-refractivity contribution is -0.131. The number of rotatable bonds is 5. The molecule has 98 valence electrons. The first-order valence-corrected chi connectivity index (χ1v) is 6.51. The van der Waals surface area contributed by atoms with Crippen molar-refractivity contribution in [1.29, 1.82) is 0 Å². The highest BCUT2D eigenvalue weighted by Gasteiger charge is 2.46. The summed E-state index contributed by atoms with van der Waals surface area (Å²) in [5.41, 5.74) is 5.02. The fourth-order valence-electron chi connectivity index (χ4n) is 2.03. The molecule has 1 aromatic heterocycles. The summed E-state index contributed by atoms with van der Waals surface area (Å²) >= 11 is 4.99. The molecule has 18 heavy (non-hydrogen) atoms. The molecule has 1 aliphatic rings. The Morgan fingerprint density at radius 2 is 2.39 bits per heavy atom.